The largest absolute Gasteiger partial charge is 0.352 e. The van der Waals surface area contributed by atoms with Gasteiger partial charge in [0.15, 0.2) is 0 Å². The van der Waals surface area contributed by atoms with Crippen molar-refractivity contribution in [2.24, 2.45) is 0 Å². The van der Waals surface area contributed by atoms with Gasteiger partial charge in [0, 0.05) is 31.4 Å². The Labute approximate surface area is 172 Å². The molecule has 6 heteroatoms. The second kappa shape index (κ2) is 9.20. The quantitative estimate of drug-likeness (QED) is 0.505. The summed E-state index contributed by atoms with van der Waals surface area (Å²) in [7, 11) is 1.77. The van der Waals surface area contributed by atoms with E-state index in [4.69, 9.17) is 4.84 Å². The number of likely N-dealkylation sites (N-methyl/N-ethyl adjacent to an activating group) is 1. The highest BCUT2D eigenvalue weighted by Crippen LogP contribution is 2.40. The molecule has 2 amide bonds. The third-order valence-electron chi connectivity index (χ3n) is 5.31. The van der Waals surface area contributed by atoms with Crippen LogP contribution in [0.15, 0.2) is 48.5 Å². The fraction of sp³-hybridized carbons (Fsp3) is 0.391. The topological polar surface area (TPSA) is 70.7 Å². The Morgan fingerprint density at radius 3 is 2.55 bits per heavy atom. The van der Waals surface area contributed by atoms with Gasteiger partial charge in [-0.05, 0) is 56.0 Å². The molecular weight excluding hydrogens is 366 g/mol. The molecule has 0 aromatic heterocycles. The number of hydrogen-bond donors (Lipinski definition) is 2. The Balaban J connectivity index is 1.37. The van der Waals surface area contributed by atoms with Crippen molar-refractivity contribution in [1.82, 2.24) is 10.8 Å². The fourth-order valence-electron chi connectivity index (χ4n) is 3.52. The minimum Gasteiger partial charge on any atom is -0.352 e. The normalized spacial score (nSPS) is 14.7. The summed E-state index contributed by atoms with van der Waals surface area (Å²) < 4.78 is 0. The molecule has 2 N–H and O–H groups in total. The van der Waals surface area contributed by atoms with E-state index in [2.05, 4.69) is 10.8 Å². The van der Waals surface area contributed by atoms with E-state index in [1.165, 1.54) is 0 Å². The van der Waals surface area contributed by atoms with Crippen LogP contribution in [-0.4, -0.2) is 32.0 Å². The number of anilines is 1. The zero-order chi connectivity index (χ0) is 20.9. The molecule has 2 aromatic rings. The van der Waals surface area contributed by atoms with Gasteiger partial charge in [0.05, 0.1) is 12.0 Å². The SMILES string of the molecule is CN1C(=O)C(C)(C)c2cc(C(=O)NCCCCNOCc3ccccc3)ccc21. The number of fused-ring (bicyclic) bond motifs is 1. The Morgan fingerprint density at radius 1 is 1.07 bits per heavy atom. The van der Waals surface area contributed by atoms with E-state index in [9.17, 15) is 9.59 Å². The van der Waals surface area contributed by atoms with Gasteiger partial charge < -0.3 is 10.2 Å². The number of amides is 2. The van der Waals surface area contributed by atoms with Crippen LogP contribution in [0.5, 0.6) is 0 Å². The highest BCUT2D eigenvalue weighted by molar-refractivity contribution is 6.08. The molecule has 0 atom stereocenters. The number of nitrogens with one attached hydrogen (secondary N) is 2. The predicted octanol–water partition coefficient (Wildman–Crippen LogP) is 3.17. The second-order valence-corrected chi connectivity index (χ2v) is 7.85. The van der Waals surface area contributed by atoms with Gasteiger partial charge in [-0.3, -0.25) is 14.4 Å². The molecular formula is C23H29N3O3. The Morgan fingerprint density at radius 2 is 1.79 bits per heavy atom. The molecule has 3 rings (SSSR count). The number of hydroxylamine groups is 1. The molecule has 1 aliphatic heterocycles. The molecule has 1 heterocycles. The Kier molecular flexibility index (Phi) is 6.67. The van der Waals surface area contributed by atoms with Crippen molar-refractivity contribution in [3.63, 3.8) is 0 Å². The molecule has 0 bridgehead atoms. The maximum atomic E-state index is 12.5. The van der Waals surface area contributed by atoms with E-state index in [0.717, 1.165) is 36.2 Å². The van der Waals surface area contributed by atoms with E-state index >= 15 is 0 Å². The number of unbranched alkanes of at least 4 members (excludes halogenated alkanes) is 1. The number of rotatable bonds is 9. The first-order chi connectivity index (χ1) is 13.9. The van der Waals surface area contributed by atoms with Crippen LogP contribution in [0.4, 0.5) is 5.69 Å². The Bertz CT molecular complexity index is 865. The van der Waals surface area contributed by atoms with Crippen LogP contribution in [0.3, 0.4) is 0 Å². The predicted molar refractivity (Wildman–Crippen MR) is 114 cm³/mol. The number of carbonyl (C=O) groups excluding carboxylic acids is 2. The van der Waals surface area contributed by atoms with Gasteiger partial charge in [-0.15, -0.1) is 0 Å². The summed E-state index contributed by atoms with van der Waals surface area (Å²) in [4.78, 5) is 31.9. The summed E-state index contributed by atoms with van der Waals surface area (Å²) in [6, 6.07) is 15.5. The van der Waals surface area contributed by atoms with Gasteiger partial charge >= 0.3 is 0 Å². The van der Waals surface area contributed by atoms with Crippen LogP contribution < -0.4 is 15.7 Å². The minimum atomic E-state index is -0.605. The van der Waals surface area contributed by atoms with Crippen molar-refractivity contribution in [2.75, 3.05) is 25.0 Å². The van der Waals surface area contributed by atoms with Gasteiger partial charge in [-0.1, -0.05) is 30.3 Å². The van der Waals surface area contributed by atoms with E-state index in [0.29, 0.717) is 18.7 Å². The summed E-state index contributed by atoms with van der Waals surface area (Å²) in [5.41, 5.74) is 5.83. The van der Waals surface area contributed by atoms with Crippen LogP contribution in [0.2, 0.25) is 0 Å². The lowest BCUT2D eigenvalue weighted by Crippen LogP contribution is -2.33. The van der Waals surface area contributed by atoms with Crippen LogP contribution in [-0.2, 0) is 21.7 Å². The summed E-state index contributed by atoms with van der Waals surface area (Å²) in [6.45, 7) is 5.64. The van der Waals surface area contributed by atoms with Crippen molar-refractivity contribution in [2.45, 2.75) is 38.7 Å². The van der Waals surface area contributed by atoms with Gasteiger partial charge in [-0.2, -0.15) is 0 Å². The first-order valence-electron chi connectivity index (χ1n) is 10.0. The van der Waals surface area contributed by atoms with Crippen LogP contribution >= 0.6 is 0 Å². The smallest absolute Gasteiger partial charge is 0.251 e. The number of benzene rings is 2. The molecule has 0 saturated carbocycles. The van der Waals surface area contributed by atoms with Crippen molar-refractivity contribution in [3.8, 4) is 0 Å². The van der Waals surface area contributed by atoms with Crippen molar-refractivity contribution >= 4 is 17.5 Å². The summed E-state index contributed by atoms with van der Waals surface area (Å²) in [6.07, 6.45) is 1.75. The van der Waals surface area contributed by atoms with Crippen LogP contribution in [0, 0.1) is 0 Å². The van der Waals surface area contributed by atoms with Crippen molar-refractivity contribution in [3.05, 3.63) is 65.2 Å². The molecule has 154 valence electrons. The second-order valence-electron chi connectivity index (χ2n) is 7.85. The molecule has 0 fully saturated rings. The third-order valence-corrected chi connectivity index (χ3v) is 5.31. The molecule has 1 aliphatic rings. The first kappa shape index (κ1) is 21.0. The molecule has 29 heavy (non-hydrogen) atoms. The summed E-state index contributed by atoms with van der Waals surface area (Å²) in [5.74, 6) is -0.0640. The van der Waals surface area contributed by atoms with Crippen LogP contribution in [0.1, 0.15) is 48.2 Å². The maximum Gasteiger partial charge on any atom is 0.251 e. The van der Waals surface area contributed by atoms with E-state index in [1.807, 2.05) is 56.3 Å². The number of nitrogens with zero attached hydrogens (tertiary/aromatic N) is 1. The molecule has 0 unspecified atom stereocenters. The number of hydrogen-bond acceptors (Lipinski definition) is 4. The van der Waals surface area contributed by atoms with Gasteiger partial charge in [-0.25, -0.2) is 5.48 Å². The highest BCUT2D eigenvalue weighted by Gasteiger charge is 2.42. The van der Waals surface area contributed by atoms with E-state index < -0.39 is 5.41 Å². The monoisotopic (exact) mass is 395 g/mol. The van der Waals surface area contributed by atoms with E-state index in [1.54, 1.807) is 18.0 Å². The minimum absolute atomic E-state index is 0.0482. The van der Waals surface area contributed by atoms with E-state index in [-0.39, 0.29) is 11.8 Å². The third kappa shape index (κ3) is 4.83. The molecule has 6 nitrogen and oxygen atoms in total. The molecule has 2 aromatic carbocycles. The molecule has 0 saturated heterocycles. The lowest BCUT2D eigenvalue weighted by Gasteiger charge is -2.16. The van der Waals surface area contributed by atoms with Crippen molar-refractivity contribution < 1.29 is 14.4 Å². The average molecular weight is 396 g/mol. The average Bonchev–Trinajstić information content (AvgIpc) is 2.90. The Hall–Kier alpha value is -2.70. The summed E-state index contributed by atoms with van der Waals surface area (Å²) in [5, 5.41) is 2.95. The van der Waals surface area contributed by atoms with Crippen LogP contribution in [0.25, 0.3) is 0 Å². The molecule has 0 spiro atoms. The first-order valence-corrected chi connectivity index (χ1v) is 10.0. The van der Waals surface area contributed by atoms with Gasteiger partial charge in [0.1, 0.15) is 0 Å². The highest BCUT2D eigenvalue weighted by atomic mass is 16.6. The molecule has 0 aliphatic carbocycles. The maximum absolute atomic E-state index is 12.5. The summed E-state index contributed by atoms with van der Waals surface area (Å²) >= 11 is 0. The number of carbonyl (C=O) groups is 2. The van der Waals surface area contributed by atoms with Crippen molar-refractivity contribution in [1.29, 1.82) is 0 Å². The standard InChI is InChI=1S/C23H29N3O3/c1-23(2)19-15-18(11-12-20(19)26(3)22(23)28)21(27)24-13-7-8-14-25-29-16-17-9-5-4-6-10-17/h4-6,9-12,15,25H,7-8,13-14,16H2,1-3H3,(H,24,27). The van der Waals surface area contributed by atoms with Gasteiger partial charge in [0.2, 0.25) is 5.91 Å². The lowest BCUT2D eigenvalue weighted by molar-refractivity contribution is -0.121. The lowest BCUT2D eigenvalue weighted by atomic mass is 9.85. The van der Waals surface area contributed by atoms with Gasteiger partial charge in [0.25, 0.3) is 5.91 Å². The zero-order valence-electron chi connectivity index (χ0n) is 17.3. The zero-order valence-corrected chi connectivity index (χ0v) is 17.3. The fourth-order valence-corrected chi connectivity index (χ4v) is 3.52. The molecule has 0 radical (unpaired) electrons.